The first-order chi connectivity index (χ1) is 9.13. The van der Waals surface area contributed by atoms with E-state index in [1.165, 1.54) is 5.69 Å². The fraction of sp³-hybridized carbons (Fsp3) is 0.429. The zero-order valence-electron chi connectivity index (χ0n) is 11.5. The van der Waals surface area contributed by atoms with Crippen LogP contribution in [0.2, 0.25) is 0 Å². The van der Waals surface area contributed by atoms with Crippen molar-refractivity contribution in [2.24, 2.45) is 7.05 Å². The number of hydrogen-bond donors (Lipinski definition) is 1. The van der Waals surface area contributed by atoms with Gasteiger partial charge in [-0.25, -0.2) is 0 Å². The SMILES string of the molecule is CCc1nn(C)c(CNC(C)c2ccccn2)c1Br. The first kappa shape index (κ1) is 14.2. The minimum Gasteiger partial charge on any atom is -0.303 e. The van der Waals surface area contributed by atoms with Crippen molar-refractivity contribution in [3.8, 4) is 0 Å². The van der Waals surface area contributed by atoms with E-state index < -0.39 is 0 Å². The van der Waals surface area contributed by atoms with Crippen molar-refractivity contribution in [1.29, 1.82) is 0 Å². The Bertz CT molecular complexity index is 536. The second kappa shape index (κ2) is 6.30. The summed E-state index contributed by atoms with van der Waals surface area (Å²) >= 11 is 3.63. The monoisotopic (exact) mass is 322 g/mol. The number of hydrogen-bond acceptors (Lipinski definition) is 3. The van der Waals surface area contributed by atoms with Crippen molar-refractivity contribution in [3.05, 3.63) is 46.0 Å². The van der Waals surface area contributed by atoms with E-state index in [4.69, 9.17) is 0 Å². The van der Waals surface area contributed by atoms with Crippen molar-refractivity contribution in [2.75, 3.05) is 0 Å². The zero-order valence-corrected chi connectivity index (χ0v) is 13.1. The van der Waals surface area contributed by atoms with E-state index in [2.05, 4.69) is 45.2 Å². The molecular weight excluding hydrogens is 304 g/mol. The number of pyridine rings is 1. The van der Waals surface area contributed by atoms with Gasteiger partial charge in [-0.15, -0.1) is 0 Å². The Balaban J connectivity index is 2.05. The molecule has 2 rings (SSSR count). The van der Waals surface area contributed by atoms with Gasteiger partial charge in [-0.1, -0.05) is 13.0 Å². The van der Waals surface area contributed by atoms with Gasteiger partial charge in [-0.3, -0.25) is 9.67 Å². The lowest BCUT2D eigenvalue weighted by Crippen LogP contribution is -2.20. The van der Waals surface area contributed by atoms with Crippen LogP contribution in [-0.2, 0) is 20.0 Å². The first-order valence-electron chi connectivity index (χ1n) is 6.48. The molecule has 0 spiro atoms. The minimum atomic E-state index is 0.216. The number of nitrogens with zero attached hydrogens (tertiary/aromatic N) is 3. The first-order valence-corrected chi connectivity index (χ1v) is 7.27. The second-order valence-electron chi connectivity index (χ2n) is 4.54. The van der Waals surface area contributed by atoms with E-state index in [-0.39, 0.29) is 6.04 Å². The summed E-state index contributed by atoms with van der Waals surface area (Å²) < 4.78 is 3.04. The third-order valence-corrected chi connectivity index (χ3v) is 4.13. The van der Waals surface area contributed by atoms with Crippen LogP contribution in [0, 0.1) is 0 Å². The summed E-state index contributed by atoms with van der Waals surface area (Å²) in [6.07, 6.45) is 2.76. The smallest absolute Gasteiger partial charge is 0.0767 e. The van der Waals surface area contributed by atoms with Crippen LogP contribution < -0.4 is 5.32 Å². The zero-order chi connectivity index (χ0) is 13.8. The van der Waals surface area contributed by atoms with Crippen molar-refractivity contribution in [2.45, 2.75) is 32.9 Å². The van der Waals surface area contributed by atoms with E-state index in [1.54, 1.807) is 0 Å². The number of rotatable bonds is 5. The highest BCUT2D eigenvalue weighted by Gasteiger charge is 2.13. The van der Waals surface area contributed by atoms with E-state index in [0.29, 0.717) is 0 Å². The standard InChI is InChI=1S/C14H19BrN4/c1-4-11-14(15)13(19(3)18-11)9-17-10(2)12-7-5-6-8-16-12/h5-8,10,17H,4,9H2,1-3H3. The third kappa shape index (κ3) is 3.22. The van der Waals surface area contributed by atoms with Gasteiger partial charge < -0.3 is 5.32 Å². The van der Waals surface area contributed by atoms with Gasteiger partial charge in [0, 0.05) is 25.8 Å². The fourth-order valence-corrected chi connectivity index (χ4v) is 2.75. The van der Waals surface area contributed by atoms with Crippen LogP contribution in [0.4, 0.5) is 0 Å². The lowest BCUT2D eigenvalue weighted by molar-refractivity contribution is 0.537. The average molecular weight is 323 g/mol. The minimum absolute atomic E-state index is 0.216. The van der Waals surface area contributed by atoms with Crippen LogP contribution in [0.15, 0.2) is 28.9 Å². The fourth-order valence-electron chi connectivity index (χ4n) is 2.00. The van der Waals surface area contributed by atoms with Gasteiger partial charge in [-0.2, -0.15) is 5.10 Å². The van der Waals surface area contributed by atoms with Crippen LogP contribution in [0.5, 0.6) is 0 Å². The lowest BCUT2D eigenvalue weighted by atomic mass is 10.2. The van der Waals surface area contributed by atoms with Crippen LogP contribution in [0.3, 0.4) is 0 Å². The molecule has 0 aliphatic rings. The van der Waals surface area contributed by atoms with Gasteiger partial charge in [0.05, 0.1) is 21.6 Å². The van der Waals surface area contributed by atoms with Crippen molar-refractivity contribution in [1.82, 2.24) is 20.1 Å². The molecule has 102 valence electrons. The predicted octanol–water partition coefficient (Wildman–Crippen LogP) is 2.99. The molecule has 1 N–H and O–H groups in total. The Hall–Kier alpha value is -1.20. The Morgan fingerprint density at radius 2 is 2.21 bits per heavy atom. The molecule has 0 fully saturated rings. The Labute approximate surface area is 122 Å². The molecule has 0 amide bonds. The molecular formula is C14H19BrN4. The van der Waals surface area contributed by atoms with Crippen molar-refractivity contribution < 1.29 is 0 Å². The molecule has 19 heavy (non-hydrogen) atoms. The largest absolute Gasteiger partial charge is 0.303 e. The maximum atomic E-state index is 4.49. The molecule has 0 aliphatic carbocycles. The normalized spacial score (nSPS) is 12.6. The lowest BCUT2D eigenvalue weighted by Gasteiger charge is -2.13. The van der Waals surface area contributed by atoms with Gasteiger partial charge >= 0.3 is 0 Å². The summed E-state index contributed by atoms with van der Waals surface area (Å²) in [5, 5.41) is 7.97. The molecule has 2 aromatic heterocycles. The summed E-state index contributed by atoms with van der Waals surface area (Å²) in [7, 11) is 1.98. The second-order valence-corrected chi connectivity index (χ2v) is 5.33. The van der Waals surface area contributed by atoms with Gasteiger partial charge in [-0.05, 0) is 41.4 Å². The van der Waals surface area contributed by atoms with E-state index >= 15 is 0 Å². The predicted molar refractivity (Wildman–Crippen MR) is 79.8 cm³/mol. The molecule has 5 heteroatoms. The summed E-state index contributed by atoms with van der Waals surface area (Å²) in [6, 6.07) is 6.19. The molecule has 2 heterocycles. The quantitative estimate of drug-likeness (QED) is 0.920. The summed E-state index contributed by atoms with van der Waals surface area (Å²) in [4.78, 5) is 4.36. The van der Waals surface area contributed by atoms with E-state index in [1.807, 2.05) is 36.1 Å². The molecule has 0 aliphatic heterocycles. The number of aryl methyl sites for hydroxylation is 2. The highest BCUT2D eigenvalue weighted by molar-refractivity contribution is 9.10. The molecule has 1 atom stereocenters. The van der Waals surface area contributed by atoms with Crippen molar-refractivity contribution in [3.63, 3.8) is 0 Å². The number of aromatic nitrogens is 3. The van der Waals surface area contributed by atoms with E-state index in [9.17, 15) is 0 Å². The number of nitrogens with one attached hydrogen (secondary N) is 1. The Kier molecular flexibility index (Phi) is 4.71. The summed E-state index contributed by atoms with van der Waals surface area (Å²) in [5.41, 5.74) is 3.32. The molecule has 2 aromatic rings. The van der Waals surface area contributed by atoms with Crippen LogP contribution in [-0.4, -0.2) is 14.8 Å². The molecule has 0 saturated heterocycles. The summed E-state index contributed by atoms with van der Waals surface area (Å²) in [6.45, 7) is 5.00. The summed E-state index contributed by atoms with van der Waals surface area (Å²) in [5.74, 6) is 0. The molecule has 0 radical (unpaired) electrons. The maximum Gasteiger partial charge on any atom is 0.0767 e. The highest BCUT2D eigenvalue weighted by atomic mass is 79.9. The number of halogens is 1. The van der Waals surface area contributed by atoms with Gasteiger partial charge in [0.1, 0.15) is 0 Å². The Morgan fingerprint density at radius 1 is 1.42 bits per heavy atom. The average Bonchev–Trinajstić information content (AvgIpc) is 2.72. The maximum absolute atomic E-state index is 4.49. The van der Waals surface area contributed by atoms with Crippen molar-refractivity contribution >= 4 is 15.9 Å². The molecule has 0 aromatic carbocycles. The molecule has 0 saturated carbocycles. The van der Waals surface area contributed by atoms with Crippen LogP contribution in [0.1, 0.15) is 37.0 Å². The van der Waals surface area contributed by atoms with Gasteiger partial charge in [0.25, 0.3) is 0 Å². The Morgan fingerprint density at radius 3 is 2.79 bits per heavy atom. The van der Waals surface area contributed by atoms with Gasteiger partial charge in [0.15, 0.2) is 0 Å². The van der Waals surface area contributed by atoms with Crippen LogP contribution >= 0.6 is 15.9 Å². The van der Waals surface area contributed by atoms with Gasteiger partial charge in [0.2, 0.25) is 0 Å². The highest BCUT2D eigenvalue weighted by Crippen LogP contribution is 2.22. The van der Waals surface area contributed by atoms with E-state index in [0.717, 1.165) is 28.8 Å². The topological polar surface area (TPSA) is 42.7 Å². The molecule has 0 bridgehead atoms. The third-order valence-electron chi connectivity index (χ3n) is 3.21. The molecule has 1 unspecified atom stereocenters. The van der Waals surface area contributed by atoms with Crippen LogP contribution in [0.25, 0.3) is 0 Å². The molecule has 4 nitrogen and oxygen atoms in total.